The van der Waals surface area contributed by atoms with Gasteiger partial charge in [-0.1, -0.05) is 29.7 Å². The molecule has 0 spiro atoms. The lowest BCUT2D eigenvalue weighted by molar-refractivity contribution is 0.282. The van der Waals surface area contributed by atoms with Crippen LogP contribution in [0.2, 0.25) is 0 Å². The molecule has 0 saturated heterocycles. The maximum Gasteiger partial charge on any atom is 0.304 e. The molecule has 1 aromatic carbocycles. The number of aliphatic hydroxyl groups excluding tert-OH is 1. The Labute approximate surface area is 60.4 Å². The molecule has 0 aliphatic heterocycles. The van der Waals surface area contributed by atoms with Gasteiger partial charge in [-0.25, -0.2) is 0 Å². The number of aliphatic hydroxyl groups is 1. The van der Waals surface area contributed by atoms with E-state index in [1.807, 2.05) is 0 Å². The van der Waals surface area contributed by atoms with Gasteiger partial charge in [0.15, 0.2) is 0 Å². The van der Waals surface area contributed by atoms with Gasteiger partial charge in [0.1, 0.15) is 0 Å². The average molecular weight is 136 g/mol. The SMILES string of the molecule is OBc1ccc(CO)cc1. The molecule has 1 aromatic rings. The summed E-state index contributed by atoms with van der Waals surface area (Å²) in [5.74, 6) is 0. The van der Waals surface area contributed by atoms with Crippen molar-refractivity contribution in [3.63, 3.8) is 0 Å². The van der Waals surface area contributed by atoms with Crippen molar-refractivity contribution >= 4 is 12.9 Å². The summed E-state index contributed by atoms with van der Waals surface area (Å²) < 4.78 is 0. The van der Waals surface area contributed by atoms with E-state index in [4.69, 9.17) is 10.1 Å². The third-order valence-corrected chi connectivity index (χ3v) is 1.39. The predicted octanol–water partition coefficient (Wildman–Crippen LogP) is -0.852. The first-order chi connectivity index (χ1) is 4.86. The first kappa shape index (κ1) is 7.31. The van der Waals surface area contributed by atoms with Crippen LogP contribution >= 0.6 is 0 Å². The molecule has 0 saturated carbocycles. The fourth-order valence-corrected chi connectivity index (χ4v) is 0.750. The molecule has 0 amide bonds. The molecule has 0 aliphatic rings. The number of hydrogen-bond acceptors (Lipinski definition) is 2. The van der Waals surface area contributed by atoms with Gasteiger partial charge in [0.05, 0.1) is 6.61 Å². The van der Waals surface area contributed by atoms with Crippen LogP contribution in [0.4, 0.5) is 0 Å². The van der Waals surface area contributed by atoms with E-state index in [-0.39, 0.29) is 14.1 Å². The quantitative estimate of drug-likeness (QED) is 0.519. The van der Waals surface area contributed by atoms with Crippen molar-refractivity contribution in [3.8, 4) is 0 Å². The van der Waals surface area contributed by atoms with E-state index in [0.29, 0.717) is 0 Å². The summed E-state index contributed by atoms with van der Waals surface area (Å²) in [5.41, 5.74) is 1.74. The highest BCUT2D eigenvalue weighted by molar-refractivity contribution is 6.45. The minimum Gasteiger partial charge on any atom is -0.449 e. The first-order valence-corrected chi connectivity index (χ1v) is 3.16. The maximum absolute atomic E-state index is 8.64. The van der Waals surface area contributed by atoms with Crippen LogP contribution in [0.15, 0.2) is 24.3 Å². The molecule has 2 N–H and O–H groups in total. The number of benzene rings is 1. The Morgan fingerprint density at radius 3 is 2.20 bits per heavy atom. The minimum absolute atomic E-state index is 0.0612. The molecule has 0 radical (unpaired) electrons. The normalized spacial score (nSPS) is 9.40. The van der Waals surface area contributed by atoms with Gasteiger partial charge in [-0.2, -0.15) is 0 Å². The van der Waals surface area contributed by atoms with Crippen LogP contribution in [-0.2, 0) is 6.61 Å². The molecule has 0 bridgehead atoms. The van der Waals surface area contributed by atoms with Gasteiger partial charge in [0.25, 0.3) is 0 Å². The Bertz CT molecular complexity index is 172. The lowest BCUT2D eigenvalue weighted by Gasteiger charge is -1.95. The van der Waals surface area contributed by atoms with Crippen LogP contribution in [0, 0.1) is 0 Å². The molecule has 0 unspecified atom stereocenters. The van der Waals surface area contributed by atoms with Crippen molar-refractivity contribution in [1.82, 2.24) is 0 Å². The van der Waals surface area contributed by atoms with Crippen LogP contribution in [-0.4, -0.2) is 17.6 Å². The summed E-state index contributed by atoms with van der Waals surface area (Å²) in [6.45, 7) is 0.0612. The molecule has 1 rings (SSSR count). The highest BCUT2D eigenvalue weighted by atomic mass is 16.3. The molecule has 0 heterocycles. The highest BCUT2D eigenvalue weighted by Gasteiger charge is 1.91. The monoisotopic (exact) mass is 136 g/mol. The zero-order valence-electron chi connectivity index (χ0n) is 5.62. The van der Waals surface area contributed by atoms with E-state index in [1.54, 1.807) is 24.3 Å². The third-order valence-electron chi connectivity index (χ3n) is 1.39. The predicted molar refractivity (Wildman–Crippen MR) is 41.4 cm³/mol. The summed E-state index contributed by atoms with van der Waals surface area (Å²) in [6, 6.07) is 7.19. The summed E-state index contributed by atoms with van der Waals surface area (Å²) in [7, 11) is 0.0612. The van der Waals surface area contributed by atoms with Gasteiger partial charge >= 0.3 is 7.48 Å². The van der Waals surface area contributed by atoms with E-state index in [9.17, 15) is 0 Å². The lowest BCUT2D eigenvalue weighted by atomic mass is 9.88. The summed E-state index contributed by atoms with van der Waals surface area (Å²) in [5, 5.41) is 17.3. The van der Waals surface area contributed by atoms with Crippen LogP contribution < -0.4 is 5.46 Å². The van der Waals surface area contributed by atoms with Gasteiger partial charge in [-0.3, -0.25) is 0 Å². The number of rotatable bonds is 2. The van der Waals surface area contributed by atoms with Crippen LogP contribution in [0.1, 0.15) is 5.56 Å². The summed E-state index contributed by atoms with van der Waals surface area (Å²) >= 11 is 0. The second-order valence-corrected chi connectivity index (χ2v) is 2.13. The highest BCUT2D eigenvalue weighted by Crippen LogP contribution is 1.94. The van der Waals surface area contributed by atoms with Crippen molar-refractivity contribution < 1.29 is 10.1 Å². The van der Waals surface area contributed by atoms with Crippen molar-refractivity contribution in [3.05, 3.63) is 29.8 Å². The molecule has 0 fully saturated rings. The summed E-state index contributed by atoms with van der Waals surface area (Å²) in [6.07, 6.45) is 0. The topological polar surface area (TPSA) is 40.5 Å². The second kappa shape index (κ2) is 3.39. The molecular weight excluding hydrogens is 127 g/mol. The van der Waals surface area contributed by atoms with E-state index < -0.39 is 0 Å². The van der Waals surface area contributed by atoms with Gasteiger partial charge in [0.2, 0.25) is 0 Å². The lowest BCUT2D eigenvalue weighted by Crippen LogP contribution is -2.12. The Hall–Kier alpha value is -0.795. The van der Waals surface area contributed by atoms with Gasteiger partial charge in [-0.15, -0.1) is 0 Å². The third kappa shape index (κ3) is 1.59. The molecule has 0 atom stereocenters. The van der Waals surface area contributed by atoms with Gasteiger partial charge < -0.3 is 10.1 Å². The standard InChI is InChI=1S/C7H9BO2/c9-5-6-1-3-7(8-10)4-2-6/h1-4,8-10H,5H2. The van der Waals surface area contributed by atoms with Crippen molar-refractivity contribution in [2.75, 3.05) is 0 Å². The van der Waals surface area contributed by atoms with Crippen molar-refractivity contribution in [2.45, 2.75) is 6.61 Å². The molecule has 0 aliphatic carbocycles. The van der Waals surface area contributed by atoms with Crippen molar-refractivity contribution in [1.29, 1.82) is 0 Å². The molecule has 0 aromatic heterocycles. The summed E-state index contributed by atoms with van der Waals surface area (Å²) in [4.78, 5) is 0. The number of hydrogen-bond donors (Lipinski definition) is 2. The fourth-order valence-electron chi connectivity index (χ4n) is 0.750. The molecular formula is C7H9BO2. The average Bonchev–Trinajstić information content (AvgIpc) is 2.05. The smallest absolute Gasteiger partial charge is 0.304 e. The Kier molecular flexibility index (Phi) is 2.48. The van der Waals surface area contributed by atoms with Crippen LogP contribution in [0.25, 0.3) is 0 Å². The largest absolute Gasteiger partial charge is 0.449 e. The maximum atomic E-state index is 8.64. The second-order valence-electron chi connectivity index (χ2n) is 2.13. The van der Waals surface area contributed by atoms with E-state index in [2.05, 4.69) is 0 Å². The minimum atomic E-state index is 0.0612. The van der Waals surface area contributed by atoms with E-state index in [1.165, 1.54) is 0 Å². The fraction of sp³-hybridized carbons (Fsp3) is 0.143. The Balaban J connectivity index is 2.80. The zero-order valence-corrected chi connectivity index (χ0v) is 5.62. The molecule has 52 valence electrons. The van der Waals surface area contributed by atoms with Crippen molar-refractivity contribution in [2.24, 2.45) is 0 Å². The van der Waals surface area contributed by atoms with E-state index in [0.717, 1.165) is 11.0 Å². The Morgan fingerprint density at radius 1 is 1.20 bits per heavy atom. The molecule has 10 heavy (non-hydrogen) atoms. The first-order valence-electron chi connectivity index (χ1n) is 3.16. The van der Waals surface area contributed by atoms with Gasteiger partial charge in [-0.05, 0) is 5.56 Å². The van der Waals surface area contributed by atoms with Gasteiger partial charge in [0, 0.05) is 0 Å². The van der Waals surface area contributed by atoms with Crippen LogP contribution in [0.3, 0.4) is 0 Å². The van der Waals surface area contributed by atoms with E-state index >= 15 is 0 Å². The molecule has 2 nitrogen and oxygen atoms in total. The Morgan fingerprint density at radius 2 is 1.80 bits per heavy atom. The molecule has 3 heteroatoms. The zero-order chi connectivity index (χ0) is 7.40. The van der Waals surface area contributed by atoms with Crippen LogP contribution in [0.5, 0.6) is 0 Å².